The Morgan fingerprint density at radius 1 is 0.500 bits per heavy atom. The van der Waals surface area contributed by atoms with Crippen LogP contribution < -0.4 is 0 Å². The molecule has 0 saturated carbocycles. The number of hydrogen-bond donors (Lipinski definition) is 1. The van der Waals surface area contributed by atoms with Gasteiger partial charge < -0.3 is 5.11 Å². The van der Waals surface area contributed by atoms with E-state index in [9.17, 15) is 5.11 Å². The van der Waals surface area contributed by atoms with Gasteiger partial charge in [0.1, 0.15) is 0 Å². The minimum atomic E-state index is -0.0451. The van der Waals surface area contributed by atoms with Gasteiger partial charge in [-0.3, -0.25) is 0 Å². The first-order chi connectivity index (χ1) is 10.8. The van der Waals surface area contributed by atoms with Crippen molar-refractivity contribution in [2.24, 2.45) is 5.92 Å². The van der Waals surface area contributed by atoms with Gasteiger partial charge in [0.25, 0.3) is 0 Å². The lowest BCUT2D eigenvalue weighted by atomic mass is 9.87. The zero-order valence-corrected chi connectivity index (χ0v) is 15.9. The molecule has 134 valence electrons. The van der Waals surface area contributed by atoms with Crippen molar-refractivity contribution in [1.29, 1.82) is 0 Å². The first kappa shape index (κ1) is 22.0. The van der Waals surface area contributed by atoms with E-state index in [0.29, 0.717) is 5.92 Å². The van der Waals surface area contributed by atoms with Crippen molar-refractivity contribution in [3.8, 4) is 0 Å². The van der Waals surface area contributed by atoms with E-state index in [2.05, 4.69) is 20.8 Å². The Hall–Kier alpha value is -0.0400. The van der Waals surface area contributed by atoms with Crippen LogP contribution in [0.5, 0.6) is 0 Å². The van der Waals surface area contributed by atoms with E-state index in [0.717, 1.165) is 12.8 Å². The Morgan fingerprint density at radius 3 is 1.32 bits per heavy atom. The van der Waals surface area contributed by atoms with E-state index in [1.807, 2.05) is 0 Å². The highest BCUT2D eigenvalue weighted by Gasteiger charge is 2.17. The lowest BCUT2D eigenvalue weighted by Crippen LogP contribution is -2.20. The second-order valence-electron chi connectivity index (χ2n) is 7.23. The van der Waals surface area contributed by atoms with E-state index in [1.54, 1.807) is 0 Å². The molecule has 0 amide bonds. The molecule has 0 fully saturated rings. The fourth-order valence-electron chi connectivity index (χ4n) is 3.43. The van der Waals surface area contributed by atoms with Gasteiger partial charge in [0.05, 0.1) is 6.10 Å². The van der Waals surface area contributed by atoms with Crippen molar-refractivity contribution in [3.05, 3.63) is 0 Å². The minimum absolute atomic E-state index is 0.0451. The highest BCUT2D eigenvalue weighted by Crippen LogP contribution is 2.24. The maximum absolute atomic E-state index is 10.4. The third kappa shape index (κ3) is 13.6. The molecule has 0 aromatic rings. The molecule has 0 radical (unpaired) electrons. The fourth-order valence-corrected chi connectivity index (χ4v) is 3.43. The Morgan fingerprint density at radius 2 is 0.909 bits per heavy atom. The lowest BCUT2D eigenvalue weighted by molar-refractivity contribution is 0.0849. The van der Waals surface area contributed by atoms with E-state index in [1.165, 1.54) is 89.9 Å². The summed E-state index contributed by atoms with van der Waals surface area (Å²) >= 11 is 0. The van der Waals surface area contributed by atoms with Gasteiger partial charge in [-0.1, -0.05) is 104 Å². The molecule has 0 heterocycles. The maximum atomic E-state index is 10.4. The summed E-state index contributed by atoms with van der Waals surface area (Å²) in [5, 5.41) is 10.4. The molecule has 0 saturated heterocycles. The van der Waals surface area contributed by atoms with Gasteiger partial charge >= 0.3 is 0 Å². The highest BCUT2D eigenvalue weighted by atomic mass is 16.3. The Bertz CT molecular complexity index is 186. The van der Waals surface area contributed by atoms with E-state index >= 15 is 0 Å². The van der Waals surface area contributed by atoms with E-state index < -0.39 is 0 Å². The molecule has 0 bridgehead atoms. The largest absolute Gasteiger partial charge is 0.393 e. The molecule has 0 aromatic heterocycles. The molecule has 0 aliphatic carbocycles. The van der Waals surface area contributed by atoms with Gasteiger partial charge in [-0.05, 0) is 25.2 Å². The predicted octanol–water partition coefficient (Wildman–Crippen LogP) is 7.26. The molecule has 0 aliphatic heterocycles. The molecule has 1 atom stereocenters. The molecule has 0 spiro atoms. The van der Waals surface area contributed by atoms with Crippen LogP contribution in [0.3, 0.4) is 0 Å². The van der Waals surface area contributed by atoms with Crippen LogP contribution in [-0.2, 0) is 0 Å². The number of aliphatic hydroxyl groups excluding tert-OH is 1. The van der Waals surface area contributed by atoms with Crippen molar-refractivity contribution < 1.29 is 5.11 Å². The monoisotopic (exact) mass is 312 g/mol. The number of unbranched alkanes of at least 4 members (excludes halogenated alkanes) is 10. The van der Waals surface area contributed by atoms with Gasteiger partial charge in [-0.2, -0.15) is 0 Å². The van der Waals surface area contributed by atoms with Crippen LogP contribution >= 0.6 is 0 Å². The van der Waals surface area contributed by atoms with Gasteiger partial charge in [0.2, 0.25) is 0 Å². The zero-order chi connectivity index (χ0) is 16.5. The van der Waals surface area contributed by atoms with Gasteiger partial charge in [-0.15, -0.1) is 0 Å². The number of rotatable bonds is 17. The second kappa shape index (κ2) is 17.3. The highest BCUT2D eigenvalue weighted by molar-refractivity contribution is 4.69. The summed E-state index contributed by atoms with van der Waals surface area (Å²) < 4.78 is 0. The van der Waals surface area contributed by atoms with Crippen molar-refractivity contribution in [2.75, 3.05) is 0 Å². The SMILES string of the molecule is CCCCCCCCC(CCCCCCCC)C(O)CCC. The first-order valence-corrected chi connectivity index (χ1v) is 10.4. The Labute approximate surface area is 141 Å². The molecule has 0 aliphatic rings. The van der Waals surface area contributed by atoms with E-state index in [4.69, 9.17) is 0 Å². The third-order valence-electron chi connectivity index (χ3n) is 4.99. The van der Waals surface area contributed by atoms with Crippen LogP contribution in [0.2, 0.25) is 0 Å². The summed E-state index contributed by atoms with van der Waals surface area (Å²) in [6.45, 7) is 6.74. The fraction of sp³-hybridized carbons (Fsp3) is 1.00. The number of aliphatic hydroxyl groups is 1. The van der Waals surface area contributed by atoms with Gasteiger partial charge in [-0.25, -0.2) is 0 Å². The molecule has 1 nitrogen and oxygen atoms in total. The molecule has 1 unspecified atom stereocenters. The average molecular weight is 313 g/mol. The second-order valence-corrected chi connectivity index (χ2v) is 7.23. The predicted molar refractivity (Wildman–Crippen MR) is 100 cm³/mol. The molecule has 0 aromatic carbocycles. The number of hydrogen-bond acceptors (Lipinski definition) is 1. The van der Waals surface area contributed by atoms with Crippen molar-refractivity contribution >= 4 is 0 Å². The lowest BCUT2D eigenvalue weighted by Gasteiger charge is -2.23. The molecule has 0 rings (SSSR count). The third-order valence-corrected chi connectivity index (χ3v) is 4.99. The summed E-state index contributed by atoms with van der Waals surface area (Å²) in [5.74, 6) is 0.567. The molecular formula is C21H44O. The molecule has 1 heteroatoms. The Balaban J connectivity index is 3.80. The topological polar surface area (TPSA) is 20.2 Å². The normalized spacial score (nSPS) is 13.0. The smallest absolute Gasteiger partial charge is 0.0568 e. The average Bonchev–Trinajstić information content (AvgIpc) is 2.52. The van der Waals surface area contributed by atoms with Crippen LogP contribution in [0.4, 0.5) is 0 Å². The van der Waals surface area contributed by atoms with Gasteiger partial charge in [0, 0.05) is 0 Å². The van der Waals surface area contributed by atoms with Gasteiger partial charge in [0.15, 0.2) is 0 Å². The summed E-state index contributed by atoms with van der Waals surface area (Å²) in [6.07, 6.45) is 21.0. The summed E-state index contributed by atoms with van der Waals surface area (Å²) in [5.41, 5.74) is 0. The maximum Gasteiger partial charge on any atom is 0.0568 e. The van der Waals surface area contributed by atoms with Crippen molar-refractivity contribution in [1.82, 2.24) is 0 Å². The summed E-state index contributed by atoms with van der Waals surface area (Å²) in [4.78, 5) is 0. The van der Waals surface area contributed by atoms with Crippen molar-refractivity contribution in [3.63, 3.8) is 0 Å². The summed E-state index contributed by atoms with van der Waals surface area (Å²) in [6, 6.07) is 0. The van der Waals surface area contributed by atoms with E-state index in [-0.39, 0.29) is 6.10 Å². The molecule has 22 heavy (non-hydrogen) atoms. The molecular weight excluding hydrogens is 268 g/mol. The van der Waals surface area contributed by atoms with Crippen molar-refractivity contribution in [2.45, 2.75) is 130 Å². The summed E-state index contributed by atoms with van der Waals surface area (Å²) in [7, 11) is 0. The quantitative estimate of drug-likeness (QED) is 0.280. The van der Waals surface area contributed by atoms with Crippen LogP contribution in [0, 0.1) is 5.92 Å². The minimum Gasteiger partial charge on any atom is -0.393 e. The van der Waals surface area contributed by atoms with Crippen LogP contribution in [0.25, 0.3) is 0 Å². The standard InChI is InChI=1S/C21H44O/c1-4-7-9-11-13-15-18-20(21(22)17-6-3)19-16-14-12-10-8-5-2/h20-22H,4-19H2,1-3H3. The Kier molecular flexibility index (Phi) is 17.3. The van der Waals surface area contributed by atoms with Crippen LogP contribution in [0.1, 0.15) is 124 Å². The van der Waals surface area contributed by atoms with Crippen LogP contribution in [-0.4, -0.2) is 11.2 Å². The molecule has 1 N–H and O–H groups in total. The zero-order valence-electron chi connectivity index (χ0n) is 15.9. The van der Waals surface area contributed by atoms with Crippen LogP contribution in [0.15, 0.2) is 0 Å². The first-order valence-electron chi connectivity index (χ1n) is 10.4.